The molecule has 0 spiro atoms. The fourth-order valence-corrected chi connectivity index (χ4v) is 0.927. The van der Waals surface area contributed by atoms with E-state index in [9.17, 15) is 9.59 Å². The van der Waals surface area contributed by atoms with E-state index < -0.39 is 5.97 Å². The van der Waals surface area contributed by atoms with Crippen LogP contribution in [0.5, 0.6) is 0 Å². The number of carboxylic acids is 1. The SMILES string of the molecule is CC(C)NC(=O)/C(I)=C/C(=O)O. The summed E-state index contributed by atoms with van der Waals surface area (Å²) in [6.07, 6.45) is 0.873. The Kier molecular flexibility index (Phi) is 4.87. The lowest BCUT2D eigenvalue weighted by Crippen LogP contribution is -2.30. The Morgan fingerprint density at radius 2 is 2.00 bits per heavy atom. The summed E-state index contributed by atoms with van der Waals surface area (Å²) in [6.45, 7) is 3.62. The molecule has 0 aliphatic rings. The molecule has 0 unspecified atom stereocenters. The van der Waals surface area contributed by atoms with Gasteiger partial charge in [-0.3, -0.25) is 4.79 Å². The quantitative estimate of drug-likeness (QED) is 0.597. The maximum atomic E-state index is 11.0. The molecule has 0 aromatic carbocycles. The normalized spacial score (nSPS) is 11.5. The first-order valence-corrected chi connectivity index (χ1v) is 4.42. The first kappa shape index (κ1) is 11.4. The molecule has 68 valence electrons. The standard InChI is InChI=1S/C7H10INO3/c1-4(2)9-7(12)5(8)3-6(10)11/h3-4H,1-2H3,(H,9,12)(H,10,11)/b5-3-. The molecule has 1 amide bonds. The van der Waals surface area contributed by atoms with E-state index in [0.29, 0.717) is 0 Å². The molecule has 0 atom stereocenters. The Bertz CT molecular complexity index is 223. The molecule has 12 heavy (non-hydrogen) atoms. The van der Waals surface area contributed by atoms with Crippen molar-refractivity contribution in [3.8, 4) is 0 Å². The zero-order valence-electron chi connectivity index (χ0n) is 6.80. The van der Waals surface area contributed by atoms with Gasteiger partial charge in [0.05, 0.1) is 3.58 Å². The summed E-state index contributed by atoms with van der Waals surface area (Å²) in [5, 5.41) is 10.9. The van der Waals surface area contributed by atoms with Crippen molar-refractivity contribution in [2.24, 2.45) is 0 Å². The van der Waals surface area contributed by atoms with Crippen molar-refractivity contribution in [1.29, 1.82) is 0 Å². The fraction of sp³-hybridized carbons (Fsp3) is 0.429. The lowest BCUT2D eigenvalue weighted by Gasteiger charge is -2.06. The van der Waals surface area contributed by atoms with Crippen LogP contribution in [0.1, 0.15) is 13.8 Å². The summed E-state index contributed by atoms with van der Waals surface area (Å²) < 4.78 is 0.175. The molecule has 0 aromatic heterocycles. The Hall–Kier alpha value is -0.590. The van der Waals surface area contributed by atoms with Gasteiger partial charge in [-0.05, 0) is 36.4 Å². The van der Waals surface area contributed by atoms with Crippen LogP contribution in [0.25, 0.3) is 0 Å². The van der Waals surface area contributed by atoms with Crippen LogP contribution in [-0.4, -0.2) is 23.0 Å². The van der Waals surface area contributed by atoms with Gasteiger partial charge in [0.2, 0.25) is 0 Å². The highest BCUT2D eigenvalue weighted by molar-refractivity contribution is 14.1. The van der Waals surface area contributed by atoms with Crippen molar-refractivity contribution in [3.05, 3.63) is 9.66 Å². The molecule has 4 nitrogen and oxygen atoms in total. The number of aliphatic carboxylic acids is 1. The van der Waals surface area contributed by atoms with Crippen LogP contribution in [0.15, 0.2) is 9.66 Å². The van der Waals surface area contributed by atoms with Crippen LogP contribution in [0.4, 0.5) is 0 Å². The van der Waals surface area contributed by atoms with Gasteiger partial charge >= 0.3 is 5.97 Å². The van der Waals surface area contributed by atoms with Crippen molar-refractivity contribution >= 4 is 34.5 Å². The Balaban J connectivity index is 4.20. The van der Waals surface area contributed by atoms with E-state index >= 15 is 0 Å². The van der Waals surface area contributed by atoms with Crippen LogP contribution in [-0.2, 0) is 9.59 Å². The molecule has 5 heteroatoms. The molecule has 0 bridgehead atoms. The van der Waals surface area contributed by atoms with Crippen molar-refractivity contribution in [1.82, 2.24) is 5.32 Å². The van der Waals surface area contributed by atoms with E-state index in [-0.39, 0.29) is 15.5 Å². The number of hydrogen-bond donors (Lipinski definition) is 2. The third-order valence-corrected chi connectivity index (χ3v) is 1.69. The van der Waals surface area contributed by atoms with Gasteiger partial charge in [0, 0.05) is 12.1 Å². The van der Waals surface area contributed by atoms with Crippen molar-refractivity contribution < 1.29 is 14.7 Å². The number of hydrogen-bond acceptors (Lipinski definition) is 2. The van der Waals surface area contributed by atoms with E-state index in [4.69, 9.17) is 5.11 Å². The molecule has 0 rings (SSSR count). The molecule has 0 saturated heterocycles. The second-order valence-corrected chi connectivity index (χ2v) is 3.62. The zero-order chi connectivity index (χ0) is 9.72. The molecule has 0 saturated carbocycles. The number of halogens is 1. The third-order valence-electron chi connectivity index (χ3n) is 0.887. The monoisotopic (exact) mass is 283 g/mol. The number of nitrogens with one attached hydrogen (secondary N) is 1. The van der Waals surface area contributed by atoms with Crippen molar-refractivity contribution in [2.45, 2.75) is 19.9 Å². The largest absolute Gasteiger partial charge is 0.478 e. The Labute approximate surface area is 84.2 Å². The highest BCUT2D eigenvalue weighted by atomic mass is 127. The van der Waals surface area contributed by atoms with E-state index in [2.05, 4.69) is 5.32 Å². The van der Waals surface area contributed by atoms with Gasteiger partial charge in [0.25, 0.3) is 5.91 Å². The number of carbonyl (C=O) groups excluding carboxylic acids is 1. The number of carboxylic acid groups (broad SMARTS) is 1. The number of carbonyl (C=O) groups is 2. The van der Waals surface area contributed by atoms with Crippen LogP contribution in [0.3, 0.4) is 0 Å². The molecule has 0 aliphatic heterocycles. The second-order valence-electron chi connectivity index (χ2n) is 2.46. The van der Waals surface area contributed by atoms with E-state index in [1.807, 2.05) is 13.8 Å². The first-order chi connectivity index (χ1) is 5.43. The summed E-state index contributed by atoms with van der Waals surface area (Å²) in [5.41, 5.74) is 0. The number of amides is 1. The van der Waals surface area contributed by atoms with E-state index in [1.165, 1.54) is 0 Å². The molecule has 0 aliphatic carbocycles. The van der Waals surface area contributed by atoms with Crippen LogP contribution < -0.4 is 5.32 Å². The highest BCUT2D eigenvalue weighted by Crippen LogP contribution is 2.05. The predicted octanol–water partition coefficient (Wildman–Crippen LogP) is 0.914. The maximum Gasteiger partial charge on any atom is 0.329 e. The zero-order valence-corrected chi connectivity index (χ0v) is 8.95. The smallest absolute Gasteiger partial charge is 0.329 e. The van der Waals surface area contributed by atoms with Gasteiger partial charge < -0.3 is 10.4 Å². The lowest BCUT2D eigenvalue weighted by molar-refractivity contribution is -0.131. The van der Waals surface area contributed by atoms with Crippen LogP contribution >= 0.6 is 22.6 Å². The summed E-state index contributed by atoms with van der Waals surface area (Å²) in [7, 11) is 0. The molecule has 0 radical (unpaired) electrons. The van der Waals surface area contributed by atoms with E-state index in [1.54, 1.807) is 22.6 Å². The van der Waals surface area contributed by atoms with Crippen molar-refractivity contribution in [3.63, 3.8) is 0 Å². The lowest BCUT2D eigenvalue weighted by atomic mass is 10.4. The average molecular weight is 283 g/mol. The van der Waals surface area contributed by atoms with Gasteiger partial charge in [0.1, 0.15) is 0 Å². The predicted molar refractivity (Wildman–Crippen MR) is 53.0 cm³/mol. The topological polar surface area (TPSA) is 66.4 Å². The minimum atomic E-state index is -1.11. The Morgan fingerprint density at radius 1 is 1.50 bits per heavy atom. The molecular weight excluding hydrogens is 273 g/mol. The molecule has 0 aromatic rings. The summed E-state index contributed by atoms with van der Waals surface area (Å²) in [5.74, 6) is -1.47. The fourth-order valence-electron chi connectivity index (χ4n) is 0.505. The van der Waals surface area contributed by atoms with Gasteiger partial charge in [-0.15, -0.1) is 0 Å². The van der Waals surface area contributed by atoms with E-state index in [0.717, 1.165) is 6.08 Å². The minimum Gasteiger partial charge on any atom is -0.478 e. The summed E-state index contributed by atoms with van der Waals surface area (Å²) in [4.78, 5) is 21.2. The third kappa shape index (κ3) is 5.11. The van der Waals surface area contributed by atoms with Crippen LogP contribution in [0, 0.1) is 0 Å². The van der Waals surface area contributed by atoms with Gasteiger partial charge in [-0.25, -0.2) is 4.79 Å². The second kappa shape index (κ2) is 5.13. The molecule has 0 heterocycles. The van der Waals surface area contributed by atoms with Gasteiger partial charge in [-0.2, -0.15) is 0 Å². The van der Waals surface area contributed by atoms with Gasteiger partial charge in [0.15, 0.2) is 0 Å². The first-order valence-electron chi connectivity index (χ1n) is 3.34. The molecule has 2 N–H and O–H groups in total. The highest BCUT2D eigenvalue weighted by Gasteiger charge is 2.07. The summed E-state index contributed by atoms with van der Waals surface area (Å²) in [6, 6.07) is 0.0180. The molecule has 0 fully saturated rings. The summed E-state index contributed by atoms with van der Waals surface area (Å²) >= 11 is 1.68. The van der Waals surface area contributed by atoms with Gasteiger partial charge in [-0.1, -0.05) is 0 Å². The van der Waals surface area contributed by atoms with Crippen molar-refractivity contribution in [2.75, 3.05) is 0 Å². The molecular formula is C7H10INO3. The number of rotatable bonds is 3. The Morgan fingerprint density at radius 3 is 2.33 bits per heavy atom. The van der Waals surface area contributed by atoms with Crippen LogP contribution in [0.2, 0.25) is 0 Å². The minimum absolute atomic E-state index is 0.0180. The maximum absolute atomic E-state index is 11.0. The average Bonchev–Trinajstić information content (AvgIpc) is 1.84.